The fourth-order valence-electron chi connectivity index (χ4n) is 1.58. The summed E-state index contributed by atoms with van der Waals surface area (Å²) in [5, 5.41) is 13.0. The van der Waals surface area contributed by atoms with Crippen molar-refractivity contribution in [3.63, 3.8) is 0 Å². The van der Waals surface area contributed by atoms with Gasteiger partial charge in [-0.15, -0.1) is 4.37 Å². The van der Waals surface area contributed by atoms with E-state index >= 15 is 0 Å². The molecule has 20 heavy (non-hydrogen) atoms. The molecule has 0 aliphatic carbocycles. The van der Waals surface area contributed by atoms with Crippen LogP contribution >= 0.6 is 11.7 Å². The maximum atomic E-state index is 9.86. The third-order valence-electron chi connectivity index (χ3n) is 2.48. The second kappa shape index (κ2) is 7.66. The standard InChI is InChI=1S/C13H17N3O3S/c1-2-18-12-6-4-3-5-11(12)14-7-10(17)9-19-13-8-15-20-16-13/h3-6,8,10,14,17H,2,7,9H2,1H3. The number of nitrogens with one attached hydrogen (secondary N) is 1. The summed E-state index contributed by atoms with van der Waals surface area (Å²) < 4.78 is 18.5. The van der Waals surface area contributed by atoms with Crippen LogP contribution in [-0.4, -0.2) is 39.7 Å². The van der Waals surface area contributed by atoms with Gasteiger partial charge in [0.15, 0.2) is 0 Å². The zero-order valence-corrected chi connectivity index (χ0v) is 12.0. The Morgan fingerprint density at radius 3 is 2.95 bits per heavy atom. The van der Waals surface area contributed by atoms with Gasteiger partial charge in [0.25, 0.3) is 0 Å². The van der Waals surface area contributed by atoms with Crippen molar-refractivity contribution in [3.05, 3.63) is 30.5 Å². The molecule has 1 aromatic carbocycles. The average Bonchev–Trinajstić information content (AvgIpc) is 2.98. The molecule has 108 valence electrons. The highest BCUT2D eigenvalue weighted by molar-refractivity contribution is 6.99. The van der Waals surface area contributed by atoms with E-state index in [-0.39, 0.29) is 6.61 Å². The number of hydrogen-bond acceptors (Lipinski definition) is 7. The van der Waals surface area contributed by atoms with E-state index in [1.807, 2.05) is 31.2 Å². The fraction of sp³-hybridized carbons (Fsp3) is 0.385. The zero-order chi connectivity index (χ0) is 14.2. The Hall–Kier alpha value is -1.86. The van der Waals surface area contributed by atoms with Crippen LogP contribution in [0.3, 0.4) is 0 Å². The summed E-state index contributed by atoms with van der Waals surface area (Å²) >= 11 is 1.07. The molecule has 1 atom stereocenters. The SMILES string of the molecule is CCOc1ccccc1NCC(O)COc1cnsn1. The van der Waals surface area contributed by atoms with E-state index in [1.54, 1.807) is 0 Å². The number of ether oxygens (including phenoxy) is 2. The van der Waals surface area contributed by atoms with Crippen molar-refractivity contribution in [3.8, 4) is 11.6 Å². The average molecular weight is 295 g/mol. The Kier molecular flexibility index (Phi) is 5.57. The van der Waals surface area contributed by atoms with Gasteiger partial charge < -0.3 is 19.9 Å². The Labute approximate surface area is 121 Å². The Morgan fingerprint density at radius 2 is 2.20 bits per heavy atom. The third-order valence-corrected chi connectivity index (χ3v) is 2.94. The summed E-state index contributed by atoms with van der Waals surface area (Å²) in [5.41, 5.74) is 0.851. The summed E-state index contributed by atoms with van der Waals surface area (Å²) in [4.78, 5) is 0. The molecular formula is C13H17N3O3S. The van der Waals surface area contributed by atoms with Crippen LogP contribution in [0.1, 0.15) is 6.92 Å². The molecule has 1 unspecified atom stereocenters. The van der Waals surface area contributed by atoms with Crippen LogP contribution in [0.15, 0.2) is 30.5 Å². The molecule has 0 aliphatic rings. The van der Waals surface area contributed by atoms with Gasteiger partial charge in [-0.25, -0.2) is 0 Å². The third kappa shape index (κ3) is 4.36. The molecule has 0 fully saturated rings. The largest absolute Gasteiger partial charge is 0.492 e. The van der Waals surface area contributed by atoms with E-state index in [0.717, 1.165) is 23.2 Å². The minimum atomic E-state index is -0.647. The van der Waals surface area contributed by atoms with Crippen molar-refractivity contribution in [2.45, 2.75) is 13.0 Å². The van der Waals surface area contributed by atoms with Crippen LogP contribution in [0.5, 0.6) is 11.6 Å². The molecule has 1 heterocycles. The number of anilines is 1. The number of aliphatic hydroxyl groups is 1. The molecule has 7 heteroatoms. The molecular weight excluding hydrogens is 278 g/mol. The lowest BCUT2D eigenvalue weighted by molar-refractivity contribution is 0.115. The van der Waals surface area contributed by atoms with Crippen LogP contribution in [0.25, 0.3) is 0 Å². The first kappa shape index (κ1) is 14.5. The summed E-state index contributed by atoms with van der Waals surface area (Å²) in [6, 6.07) is 7.61. The number of aromatic nitrogens is 2. The normalized spacial score (nSPS) is 11.9. The number of para-hydroxylation sites is 2. The number of nitrogens with zero attached hydrogens (tertiary/aromatic N) is 2. The molecule has 0 bridgehead atoms. The lowest BCUT2D eigenvalue weighted by Crippen LogP contribution is -2.26. The van der Waals surface area contributed by atoms with Crippen LogP contribution in [0.2, 0.25) is 0 Å². The van der Waals surface area contributed by atoms with E-state index in [4.69, 9.17) is 9.47 Å². The molecule has 2 rings (SSSR count). The maximum Gasteiger partial charge on any atom is 0.245 e. The van der Waals surface area contributed by atoms with Gasteiger partial charge in [0.05, 0.1) is 24.0 Å². The van der Waals surface area contributed by atoms with E-state index in [2.05, 4.69) is 14.1 Å². The first-order valence-corrected chi connectivity index (χ1v) is 7.06. The van der Waals surface area contributed by atoms with Crippen molar-refractivity contribution in [1.29, 1.82) is 0 Å². The fourth-order valence-corrected chi connectivity index (χ4v) is 1.95. The molecule has 1 aromatic heterocycles. The minimum absolute atomic E-state index is 0.162. The van der Waals surface area contributed by atoms with Crippen LogP contribution < -0.4 is 14.8 Å². The van der Waals surface area contributed by atoms with Crippen molar-refractivity contribution >= 4 is 17.4 Å². The molecule has 0 radical (unpaired) electrons. The van der Waals surface area contributed by atoms with E-state index in [1.165, 1.54) is 6.20 Å². The number of rotatable bonds is 8. The first-order valence-electron chi connectivity index (χ1n) is 6.33. The van der Waals surface area contributed by atoms with E-state index in [0.29, 0.717) is 19.0 Å². The summed E-state index contributed by atoms with van der Waals surface area (Å²) in [6.45, 7) is 3.05. The highest BCUT2D eigenvalue weighted by atomic mass is 32.1. The summed E-state index contributed by atoms with van der Waals surface area (Å²) in [6.07, 6.45) is 0.876. The molecule has 0 amide bonds. The Balaban J connectivity index is 1.79. The van der Waals surface area contributed by atoms with Gasteiger partial charge in [0, 0.05) is 6.54 Å². The van der Waals surface area contributed by atoms with Crippen molar-refractivity contribution in [2.75, 3.05) is 25.1 Å². The van der Waals surface area contributed by atoms with Gasteiger partial charge in [-0.05, 0) is 19.1 Å². The quantitative estimate of drug-likeness (QED) is 0.773. The monoisotopic (exact) mass is 295 g/mol. The molecule has 2 N–H and O–H groups in total. The maximum absolute atomic E-state index is 9.86. The van der Waals surface area contributed by atoms with Crippen LogP contribution in [0, 0.1) is 0 Å². The lowest BCUT2D eigenvalue weighted by Gasteiger charge is -2.15. The van der Waals surface area contributed by atoms with E-state index < -0.39 is 6.10 Å². The number of benzene rings is 1. The van der Waals surface area contributed by atoms with Crippen molar-refractivity contribution in [1.82, 2.24) is 8.75 Å². The predicted octanol–water partition coefficient (Wildman–Crippen LogP) is 1.79. The molecule has 2 aromatic rings. The van der Waals surface area contributed by atoms with Crippen LogP contribution in [-0.2, 0) is 0 Å². The molecule has 0 spiro atoms. The molecule has 0 aliphatic heterocycles. The smallest absolute Gasteiger partial charge is 0.245 e. The highest BCUT2D eigenvalue weighted by Crippen LogP contribution is 2.23. The van der Waals surface area contributed by atoms with Crippen LogP contribution in [0.4, 0.5) is 5.69 Å². The predicted molar refractivity (Wildman–Crippen MR) is 77.5 cm³/mol. The number of aliphatic hydroxyl groups excluding tert-OH is 1. The summed E-state index contributed by atoms with van der Waals surface area (Å²) in [5.74, 6) is 1.20. The highest BCUT2D eigenvalue weighted by Gasteiger charge is 2.08. The summed E-state index contributed by atoms with van der Waals surface area (Å²) in [7, 11) is 0. The molecule has 0 saturated carbocycles. The van der Waals surface area contributed by atoms with E-state index in [9.17, 15) is 5.11 Å². The first-order chi connectivity index (χ1) is 9.79. The van der Waals surface area contributed by atoms with Gasteiger partial charge >= 0.3 is 0 Å². The zero-order valence-electron chi connectivity index (χ0n) is 11.2. The van der Waals surface area contributed by atoms with Gasteiger partial charge in [0.1, 0.15) is 24.7 Å². The van der Waals surface area contributed by atoms with Crippen molar-refractivity contribution < 1.29 is 14.6 Å². The second-order valence-electron chi connectivity index (χ2n) is 4.02. The van der Waals surface area contributed by atoms with Gasteiger partial charge in [-0.2, -0.15) is 4.37 Å². The van der Waals surface area contributed by atoms with Gasteiger partial charge in [-0.1, -0.05) is 12.1 Å². The topological polar surface area (TPSA) is 76.5 Å². The minimum Gasteiger partial charge on any atom is -0.492 e. The van der Waals surface area contributed by atoms with Crippen molar-refractivity contribution in [2.24, 2.45) is 0 Å². The Bertz CT molecular complexity index is 507. The molecule has 6 nitrogen and oxygen atoms in total. The Morgan fingerprint density at radius 1 is 1.35 bits per heavy atom. The van der Waals surface area contributed by atoms with Gasteiger partial charge in [-0.3, -0.25) is 0 Å². The molecule has 0 saturated heterocycles. The second-order valence-corrected chi connectivity index (χ2v) is 4.58. The van der Waals surface area contributed by atoms with Gasteiger partial charge in [0.2, 0.25) is 5.88 Å². The lowest BCUT2D eigenvalue weighted by atomic mass is 10.2. The number of hydrogen-bond donors (Lipinski definition) is 2.